The standard InChI is InChI=1S/C48H86O31/c1-46(2,3)77-38-19(13-52)69-42(31(63)26(38)58)74-35-17(11-50)68-41(29(61)23(35)55)73-34-16(10-49)67-40(28(60)22(34)54)66-15-21-37(76-43-32(64)27(59)39(20(14-53)70-43)78-47(4,5)6)24(56)30(62)44(72-21)75-36-18(12-51)71-45(33(65)25(36)57)79-48(7,8)9/h16-45,49-65H,10-15H2,1-9H3. The molecule has 30 atom stereocenters. The molecule has 6 aliphatic heterocycles. The maximum Gasteiger partial charge on any atom is 0.187 e. The molecule has 6 aliphatic rings. The van der Waals surface area contributed by atoms with Crippen molar-refractivity contribution < 1.29 is 153 Å². The fraction of sp³-hybridized carbons (Fsp3) is 1.00. The maximum atomic E-state index is 11.7. The van der Waals surface area contributed by atoms with Crippen molar-refractivity contribution in [3.8, 4) is 0 Å². The van der Waals surface area contributed by atoms with Crippen molar-refractivity contribution in [2.24, 2.45) is 0 Å². The zero-order valence-corrected chi connectivity index (χ0v) is 45.4. The van der Waals surface area contributed by atoms with Gasteiger partial charge in [-0.2, -0.15) is 0 Å². The molecule has 464 valence electrons. The molecule has 6 saturated heterocycles. The van der Waals surface area contributed by atoms with Gasteiger partial charge >= 0.3 is 0 Å². The summed E-state index contributed by atoms with van der Waals surface area (Å²) in [5, 5.41) is 187. The van der Waals surface area contributed by atoms with Gasteiger partial charge in [0, 0.05) is 0 Å². The molecule has 6 heterocycles. The number of ether oxygens (including phenoxy) is 14. The van der Waals surface area contributed by atoms with Crippen LogP contribution in [0.4, 0.5) is 0 Å². The first-order valence-corrected chi connectivity index (χ1v) is 26.2. The third kappa shape index (κ3) is 15.8. The Morgan fingerprint density at radius 2 is 0.481 bits per heavy atom. The molecule has 30 unspecified atom stereocenters. The van der Waals surface area contributed by atoms with E-state index in [1.807, 2.05) is 0 Å². The Morgan fingerprint density at radius 1 is 0.266 bits per heavy atom. The quantitative estimate of drug-likeness (QED) is 0.0571. The van der Waals surface area contributed by atoms with E-state index in [0.717, 1.165) is 0 Å². The maximum absolute atomic E-state index is 11.7. The summed E-state index contributed by atoms with van der Waals surface area (Å²) in [6.45, 7) is 9.74. The Bertz CT molecular complexity index is 1830. The molecular formula is C48H86O31. The van der Waals surface area contributed by atoms with E-state index in [4.69, 9.17) is 66.3 Å². The Labute approximate surface area is 455 Å². The summed E-state index contributed by atoms with van der Waals surface area (Å²) in [7, 11) is 0. The Morgan fingerprint density at radius 3 is 0.772 bits per heavy atom. The van der Waals surface area contributed by atoms with Gasteiger partial charge < -0.3 is 153 Å². The van der Waals surface area contributed by atoms with Gasteiger partial charge in [0.15, 0.2) is 37.7 Å². The third-order valence-electron chi connectivity index (χ3n) is 13.8. The van der Waals surface area contributed by atoms with Crippen molar-refractivity contribution in [2.45, 2.75) is 263 Å². The zero-order chi connectivity index (χ0) is 59.0. The van der Waals surface area contributed by atoms with Gasteiger partial charge in [0.05, 0.1) is 56.4 Å². The van der Waals surface area contributed by atoms with Crippen molar-refractivity contribution >= 4 is 0 Å². The van der Waals surface area contributed by atoms with Gasteiger partial charge in [0.25, 0.3) is 0 Å². The molecule has 0 amide bonds. The molecular weight excluding hydrogens is 1070 g/mol. The van der Waals surface area contributed by atoms with Crippen LogP contribution in [0, 0.1) is 0 Å². The van der Waals surface area contributed by atoms with Crippen LogP contribution in [0.25, 0.3) is 0 Å². The molecule has 17 N–H and O–H groups in total. The molecule has 31 nitrogen and oxygen atoms in total. The molecule has 0 aromatic carbocycles. The van der Waals surface area contributed by atoms with Crippen LogP contribution < -0.4 is 0 Å². The lowest BCUT2D eigenvalue weighted by Crippen LogP contribution is -2.68. The highest BCUT2D eigenvalue weighted by Gasteiger charge is 2.58. The number of aliphatic hydroxyl groups is 17. The summed E-state index contributed by atoms with van der Waals surface area (Å²) < 4.78 is 81.4. The summed E-state index contributed by atoms with van der Waals surface area (Å²) >= 11 is 0. The van der Waals surface area contributed by atoms with E-state index < -0.39 is 241 Å². The molecule has 79 heavy (non-hydrogen) atoms. The van der Waals surface area contributed by atoms with E-state index in [0.29, 0.717) is 0 Å². The van der Waals surface area contributed by atoms with Crippen molar-refractivity contribution in [3.63, 3.8) is 0 Å². The smallest absolute Gasteiger partial charge is 0.187 e. The van der Waals surface area contributed by atoms with E-state index in [-0.39, 0.29) is 0 Å². The molecule has 0 aromatic heterocycles. The zero-order valence-electron chi connectivity index (χ0n) is 45.4. The van der Waals surface area contributed by atoms with Gasteiger partial charge in [-0.1, -0.05) is 0 Å². The van der Waals surface area contributed by atoms with Crippen molar-refractivity contribution in [1.29, 1.82) is 0 Å². The molecule has 0 radical (unpaired) electrons. The molecule has 0 bridgehead atoms. The normalized spacial score (nSPS) is 47.8. The second-order valence-electron chi connectivity index (χ2n) is 23.4. The fourth-order valence-electron chi connectivity index (χ4n) is 9.93. The first-order chi connectivity index (χ1) is 36.8. The Hall–Kier alpha value is -1.24. The van der Waals surface area contributed by atoms with E-state index in [1.54, 1.807) is 62.3 Å². The Kier molecular flexibility index (Phi) is 23.2. The fourth-order valence-corrected chi connectivity index (χ4v) is 9.93. The first-order valence-electron chi connectivity index (χ1n) is 26.2. The highest BCUT2D eigenvalue weighted by Crippen LogP contribution is 2.38. The topological polar surface area (TPSA) is 473 Å². The second kappa shape index (κ2) is 27.4. The van der Waals surface area contributed by atoms with Crippen LogP contribution in [-0.4, -0.2) is 327 Å². The van der Waals surface area contributed by atoms with Gasteiger partial charge in [-0.05, 0) is 62.3 Å². The third-order valence-corrected chi connectivity index (χ3v) is 13.8. The van der Waals surface area contributed by atoms with Crippen molar-refractivity contribution in [3.05, 3.63) is 0 Å². The number of aliphatic hydroxyl groups excluding tert-OH is 17. The van der Waals surface area contributed by atoms with Crippen LogP contribution in [-0.2, 0) is 66.3 Å². The summed E-state index contributed by atoms with van der Waals surface area (Å²) in [4.78, 5) is 0. The van der Waals surface area contributed by atoms with Crippen LogP contribution in [0.3, 0.4) is 0 Å². The second-order valence-corrected chi connectivity index (χ2v) is 23.4. The van der Waals surface area contributed by atoms with Gasteiger partial charge in [-0.25, -0.2) is 0 Å². The minimum Gasteiger partial charge on any atom is -0.394 e. The average Bonchev–Trinajstić information content (AvgIpc) is 3.37. The molecule has 6 fully saturated rings. The van der Waals surface area contributed by atoms with Crippen LogP contribution >= 0.6 is 0 Å². The lowest BCUT2D eigenvalue weighted by Gasteiger charge is -2.49. The summed E-state index contributed by atoms with van der Waals surface area (Å²) in [5.41, 5.74) is -2.67. The van der Waals surface area contributed by atoms with Crippen LogP contribution in [0.5, 0.6) is 0 Å². The summed E-state index contributed by atoms with van der Waals surface area (Å²) in [5.74, 6) is 0. The molecule has 0 saturated carbocycles. The van der Waals surface area contributed by atoms with E-state index in [2.05, 4.69) is 0 Å². The van der Waals surface area contributed by atoms with Gasteiger partial charge in [0.2, 0.25) is 0 Å². The molecule has 6 rings (SSSR count). The van der Waals surface area contributed by atoms with E-state index in [1.165, 1.54) is 0 Å². The molecule has 31 heteroatoms. The van der Waals surface area contributed by atoms with Crippen LogP contribution in [0.2, 0.25) is 0 Å². The lowest BCUT2D eigenvalue weighted by molar-refractivity contribution is -0.392. The van der Waals surface area contributed by atoms with E-state index >= 15 is 0 Å². The predicted octanol–water partition coefficient (Wildman–Crippen LogP) is -8.63. The molecule has 0 aromatic rings. The number of rotatable bonds is 19. The largest absolute Gasteiger partial charge is 0.394 e. The minimum atomic E-state index is -2.14. The minimum absolute atomic E-state index is 0.706. The highest BCUT2D eigenvalue weighted by atomic mass is 16.8. The van der Waals surface area contributed by atoms with Crippen LogP contribution in [0.1, 0.15) is 62.3 Å². The Balaban J connectivity index is 1.18. The van der Waals surface area contributed by atoms with Gasteiger partial charge in [0.1, 0.15) is 146 Å². The monoisotopic (exact) mass is 1160 g/mol. The first kappa shape index (κ1) is 66.9. The summed E-state index contributed by atoms with van der Waals surface area (Å²) in [6, 6.07) is 0. The number of hydrogen-bond donors (Lipinski definition) is 17. The average molecular weight is 1160 g/mol. The molecule has 0 spiro atoms. The van der Waals surface area contributed by atoms with Crippen LogP contribution in [0.15, 0.2) is 0 Å². The SMILES string of the molecule is CC(C)(C)OC1OC(CO)C(OC2OC(COC3OC(CO)C(OC4OC(CO)C(OC5OC(CO)C(OC(C)(C)C)C(O)C5O)C(O)C4O)C(O)C3O)C(OC3OC(CO)C(OC(C)(C)C)C(O)C3O)C(O)C2O)C(O)C1O. The van der Waals surface area contributed by atoms with Crippen molar-refractivity contribution in [2.75, 3.05) is 39.6 Å². The lowest BCUT2D eigenvalue weighted by atomic mass is 9.95. The summed E-state index contributed by atoms with van der Waals surface area (Å²) in [6.07, 6.45) is -53.4. The van der Waals surface area contributed by atoms with Gasteiger partial charge in [-0.3, -0.25) is 0 Å². The van der Waals surface area contributed by atoms with Crippen molar-refractivity contribution in [1.82, 2.24) is 0 Å². The van der Waals surface area contributed by atoms with Gasteiger partial charge in [-0.15, -0.1) is 0 Å². The predicted molar refractivity (Wildman–Crippen MR) is 255 cm³/mol. The molecule has 0 aliphatic carbocycles. The highest BCUT2D eigenvalue weighted by molar-refractivity contribution is 5.00. The number of hydrogen-bond acceptors (Lipinski definition) is 31. The van der Waals surface area contributed by atoms with E-state index in [9.17, 15) is 86.8 Å².